The van der Waals surface area contributed by atoms with Crippen LogP contribution < -0.4 is 49.9 Å². The minimum absolute atomic E-state index is 0. The Kier molecular flexibility index (Phi) is 21.2. The fourth-order valence-electron chi connectivity index (χ4n) is 5.15. The molecule has 0 saturated carbocycles. The Bertz CT molecular complexity index is 877. The zero-order valence-corrected chi connectivity index (χ0v) is 32.1. The molecule has 6 heteroatoms. The third kappa shape index (κ3) is 12.5. The second kappa shape index (κ2) is 20.4. The maximum absolute atomic E-state index is 3.83. The van der Waals surface area contributed by atoms with E-state index in [0.717, 1.165) is 32.6 Å². The number of halogens is 2. The first kappa shape index (κ1) is 42.6. The first-order valence-corrected chi connectivity index (χ1v) is 15.4. The van der Waals surface area contributed by atoms with Crippen molar-refractivity contribution in [1.82, 2.24) is 5.32 Å². The van der Waals surface area contributed by atoms with Gasteiger partial charge in [-0.05, 0) is 81.9 Å². The maximum Gasteiger partial charge on any atom is 2.00 e. The first-order valence-electron chi connectivity index (χ1n) is 15.4. The van der Waals surface area contributed by atoms with Gasteiger partial charge in [-0.25, -0.2) is 0 Å². The molecule has 2 aromatic rings. The van der Waals surface area contributed by atoms with Crippen molar-refractivity contribution in [3.8, 4) is 0 Å². The summed E-state index contributed by atoms with van der Waals surface area (Å²) >= 11 is 0. The molecule has 237 valence electrons. The average molecular weight is 741 g/mol. The normalized spacial score (nSPS) is 11.3. The predicted molar refractivity (Wildman–Crippen MR) is 172 cm³/mol. The molecule has 0 heterocycles. The SMILES string of the molecule is CC(C)c1cc(C(C)C)c(NCCCNCCNc2c(C(C)C)cc(C(C)C)cc2C(C)C)c(C(C)C)c1.[Br-].[Br-].[Co+2]. The quantitative estimate of drug-likeness (QED) is 0.243. The van der Waals surface area contributed by atoms with Crippen LogP contribution in [0.4, 0.5) is 11.4 Å². The molecular weight excluding hydrogens is 681 g/mol. The van der Waals surface area contributed by atoms with Gasteiger partial charge in [0.1, 0.15) is 0 Å². The minimum atomic E-state index is 0. The van der Waals surface area contributed by atoms with Gasteiger partial charge in [-0.2, -0.15) is 0 Å². The van der Waals surface area contributed by atoms with Crippen molar-refractivity contribution in [2.24, 2.45) is 0 Å². The van der Waals surface area contributed by atoms with Crippen LogP contribution in [0.2, 0.25) is 0 Å². The molecule has 0 amide bonds. The van der Waals surface area contributed by atoms with Gasteiger partial charge < -0.3 is 49.9 Å². The first-order chi connectivity index (χ1) is 17.8. The van der Waals surface area contributed by atoms with Crippen LogP contribution in [0.15, 0.2) is 24.3 Å². The van der Waals surface area contributed by atoms with Crippen molar-refractivity contribution in [1.29, 1.82) is 0 Å². The summed E-state index contributed by atoms with van der Waals surface area (Å²) in [6, 6.07) is 9.70. The number of hydrogen-bond donors (Lipinski definition) is 3. The standard InChI is InChI=1S/C35H59N3.2BrH.Co/c1-22(2)28-18-30(24(5)6)34(31(19-28)25(7)8)37-15-13-14-36-16-17-38-35-32(26(9)10)20-29(23(3)4)21-33(35)27(11)12;;;/h18-27,36-38H,13-17H2,1-12H3;2*1H;/q;;;+2/p-2. The van der Waals surface area contributed by atoms with Gasteiger partial charge in [-0.15, -0.1) is 0 Å². The van der Waals surface area contributed by atoms with E-state index in [9.17, 15) is 0 Å². The maximum atomic E-state index is 3.83. The fourth-order valence-corrected chi connectivity index (χ4v) is 5.15. The van der Waals surface area contributed by atoms with Gasteiger partial charge in [0.15, 0.2) is 0 Å². The summed E-state index contributed by atoms with van der Waals surface area (Å²) in [5.74, 6) is 3.15. The van der Waals surface area contributed by atoms with Crippen LogP contribution in [0.1, 0.15) is 158 Å². The molecule has 0 unspecified atom stereocenters. The Balaban J connectivity index is 0. The zero-order valence-electron chi connectivity index (χ0n) is 27.9. The molecule has 3 N–H and O–H groups in total. The molecule has 0 aliphatic rings. The van der Waals surface area contributed by atoms with Crippen molar-refractivity contribution in [3.05, 3.63) is 57.6 Å². The number of rotatable bonds is 15. The molecule has 0 bridgehead atoms. The number of hydrogen-bond acceptors (Lipinski definition) is 3. The smallest absolute Gasteiger partial charge is 1.00 e. The van der Waals surface area contributed by atoms with E-state index in [4.69, 9.17) is 0 Å². The third-order valence-corrected chi connectivity index (χ3v) is 7.70. The van der Waals surface area contributed by atoms with E-state index in [2.05, 4.69) is 123 Å². The molecule has 41 heavy (non-hydrogen) atoms. The second-order valence-electron chi connectivity index (χ2n) is 13.0. The van der Waals surface area contributed by atoms with E-state index < -0.39 is 0 Å². The van der Waals surface area contributed by atoms with Crippen molar-refractivity contribution in [2.45, 2.75) is 125 Å². The molecule has 1 radical (unpaired) electrons. The van der Waals surface area contributed by atoms with Crippen molar-refractivity contribution < 1.29 is 50.7 Å². The number of benzene rings is 2. The Hall–Kier alpha value is -0.534. The van der Waals surface area contributed by atoms with Crippen LogP contribution in [0.5, 0.6) is 0 Å². The second-order valence-corrected chi connectivity index (χ2v) is 13.0. The molecule has 3 nitrogen and oxygen atoms in total. The molecular formula is C35H59Br2CoN3. The number of anilines is 2. The Labute approximate surface area is 285 Å². The van der Waals surface area contributed by atoms with Crippen LogP contribution in [-0.2, 0) is 16.8 Å². The molecule has 2 rings (SSSR count). The van der Waals surface area contributed by atoms with Gasteiger partial charge in [0, 0.05) is 31.0 Å². The topological polar surface area (TPSA) is 36.1 Å². The van der Waals surface area contributed by atoms with E-state index in [0.29, 0.717) is 35.5 Å². The van der Waals surface area contributed by atoms with Crippen molar-refractivity contribution in [3.63, 3.8) is 0 Å². The predicted octanol–water partition coefficient (Wildman–Crippen LogP) is 3.94. The summed E-state index contributed by atoms with van der Waals surface area (Å²) in [6.07, 6.45) is 1.11. The summed E-state index contributed by atoms with van der Waals surface area (Å²) in [5.41, 5.74) is 11.5. The minimum Gasteiger partial charge on any atom is -1.00 e. The van der Waals surface area contributed by atoms with Gasteiger partial charge in [0.25, 0.3) is 0 Å². The third-order valence-electron chi connectivity index (χ3n) is 7.70. The largest absolute Gasteiger partial charge is 2.00 e. The van der Waals surface area contributed by atoms with E-state index >= 15 is 0 Å². The molecule has 0 aromatic heterocycles. The molecule has 0 spiro atoms. The van der Waals surface area contributed by atoms with E-state index in [1.54, 1.807) is 0 Å². The zero-order chi connectivity index (χ0) is 28.6. The molecule has 0 atom stereocenters. The van der Waals surface area contributed by atoms with Crippen LogP contribution in [0.25, 0.3) is 0 Å². The Morgan fingerprint density at radius 1 is 0.439 bits per heavy atom. The molecule has 0 aliphatic carbocycles. The Morgan fingerprint density at radius 2 is 0.756 bits per heavy atom. The van der Waals surface area contributed by atoms with E-state index in [1.165, 1.54) is 44.8 Å². The van der Waals surface area contributed by atoms with E-state index in [-0.39, 0.29) is 50.7 Å². The summed E-state index contributed by atoms with van der Waals surface area (Å²) < 4.78 is 0. The van der Waals surface area contributed by atoms with Gasteiger partial charge >= 0.3 is 16.8 Å². The van der Waals surface area contributed by atoms with Gasteiger partial charge in [0.2, 0.25) is 0 Å². The molecule has 0 fully saturated rings. The van der Waals surface area contributed by atoms with Crippen LogP contribution in [0, 0.1) is 0 Å². The molecule has 0 saturated heterocycles. The van der Waals surface area contributed by atoms with Crippen LogP contribution in [0.3, 0.4) is 0 Å². The fraction of sp³-hybridized carbons (Fsp3) is 0.657. The monoisotopic (exact) mass is 738 g/mol. The molecule has 0 aliphatic heterocycles. The summed E-state index contributed by atoms with van der Waals surface area (Å²) in [4.78, 5) is 0. The summed E-state index contributed by atoms with van der Waals surface area (Å²) in [5, 5.41) is 11.3. The molecule has 2 aromatic carbocycles. The van der Waals surface area contributed by atoms with Gasteiger partial charge in [-0.3, -0.25) is 0 Å². The Morgan fingerprint density at radius 3 is 1.05 bits per heavy atom. The summed E-state index contributed by atoms with van der Waals surface area (Å²) in [6.45, 7) is 31.6. The summed E-state index contributed by atoms with van der Waals surface area (Å²) in [7, 11) is 0. The van der Waals surface area contributed by atoms with Crippen molar-refractivity contribution in [2.75, 3.05) is 36.8 Å². The van der Waals surface area contributed by atoms with Gasteiger partial charge in [0.05, 0.1) is 0 Å². The van der Waals surface area contributed by atoms with E-state index in [1.807, 2.05) is 0 Å². The van der Waals surface area contributed by atoms with Gasteiger partial charge in [-0.1, -0.05) is 107 Å². The van der Waals surface area contributed by atoms with Crippen molar-refractivity contribution >= 4 is 11.4 Å². The van der Waals surface area contributed by atoms with Crippen LogP contribution >= 0.6 is 0 Å². The average Bonchev–Trinajstić information content (AvgIpc) is 2.84. The number of nitrogens with one attached hydrogen (secondary N) is 3. The van der Waals surface area contributed by atoms with Crippen LogP contribution in [-0.4, -0.2) is 26.2 Å².